The number of methoxy groups -OCH3 is 1. The van der Waals surface area contributed by atoms with Crippen LogP contribution in [-0.2, 0) is 16.1 Å². The van der Waals surface area contributed by atoms with E-state index in [1.165, 1.54) is 11.8 Å². The molecule has 0 spiro atoms. The summed E-state index contributed by atoms with van der Waals surface area (Å²) < 4.78 is 7.07. The monoisotopic (exact) mass is 422 g/mol. The van der Waals surface area contributed by atoms with Crippen LogP contribution in [-0.4, -0.2) is 33.5 Å². The lowest BCUT2D eigenvalue weighted by molar-refractivity contribution is -0.113. The molecule has 0 aliphatic heterocycles. The molecule has 0 saturated heterocycles. The second kappa shape index (κ2) is 9.23. The molecule has 2 aromatic carbocycles. The molecule has 6 nitrogen and oxygen atoms in total. The first-order valence-corrected chi connectivity index (χ1v) is 9.69. The van der Waals surface area contributed by atoms with Crippen LogP contribution in [0.5, 0.6) is 0 Å². The van der Waals surface area contributed by atoms with Gasteiger partial charge in [-0.1, -0.05) is 53.2 Å². The normalized spacial score (nSPS) is 10.8. The number of benzene rings is 2. The fourth-order valence-electron chi connectivity index (χ4n) is 2.36. The number of ether oxygens (including phenoxy) is 1. The van der Waals surface area contributed by atoms with Crippen molar-refractivity contribution in [1.82, 2.24) is 14.8 Å². The minimum Gasteiger partial charge on any atom is -0.377 e. The molecule has 1 N–H and O–H groups in total. The number of rotatable bonds is 7. The van der Waals surface area contributed by atoms with Gasteiger partial charge in [-0.15, -0.1) is 10.2 Å². The topological polar surface area (TPSA) is 69.0 Å². The van der Waals surface area contributed by atoms with Crippen LogP contribution in [0.4, 0.5) is 5.69 Å². The molecule has 3 aromatic rings. The van der Waals surface area contributed by atoms with Gasteiger partial charge in [-0.2, -0.15) is 0 Å². The molecule has 140 valence electrons. The largest absolute Gasteiger partial charge is 0.377 e. The highest BCUT2D eigenvalue weighted by molar-refractivity contribution is 7.99. The van der Waals surface area contributed by atoms with Crippen molar-refractivity contribution in [2.24, 2.45) is 0 Å². The summed E-state index contributed by atoms with van der Waals surface area (Å²) in [5, 5.41) is 12.6. The van der Waals surface area contributed by atoms with E-state index in [0.717, 1.165) is 5.69 Å². The number of aromatic nitrogens is 3. The lowest BCUT2D eigenvalue weighted by Crippen LogP contribution is -2.15. The van der Waals surface area contributed by atoms with Gasteiger partial charge in [0, 0.05) is 17.8 Å². The Morgan fingerprint density at radius 2 is 1.96 bits per heavy atom. The minimum atomic E-state index is -0.208. The summed E-state index contributed by atoms with van der Waals surface area (Å²) in [6.07, 6.45) is 0. The third-order valence-corrected chi connectivity index (χ3v) is 5.00. The number of nitrogens with zero attached hydrogens (tertiary/aromatic N) is 3. The summed E-state index contributed by atoms with van der Waals surface area (Å²) in [6, 6.07) is 14.6. The van der Waals surface area contributed by atoms with Gasteiger partial charge in [0.2, 0.25) is 5.91 Å². The summed E-state index contributed by atoms with van der Waals surface area (Å²) >= 11 is 13.2. The fourth-order valence-corrected chi connectivity index (χ4v) is 3.59. The van der Waals surface area contributed by atoms with E-state index in [9.17, 15) is 4.79 Å². The zero-order valence-electron chi connectivity index (χ0n) is 14.4. The quantitative estimate of drug-likeness (QED) is 0.569. The van der Waals surface area contributed by atoms with Gasteiger partial charge in [-0.25, -0.2) is 0 Å². The number of thioether (sulfide) groups is 1. The van der Waals surface area contributed by atoms with E-state index in [2.05, 4.69) is 15.5 Å². The molecule has 27 heavy (non-hydrogen) atoms. The van der Waals surface area contributed by atoms with Crippen LogP contribution in [0, 0.1) is 0 Å². The number of anilines is 1. The van der Waals surface area contributed by atoms with E-state index in [1.54, 1.807) is 25.3 Å². The first-order chi connectivity index (χ1) is 13.1. The van der Waals surface area contributed by atoms with Gasteiger partial charge in [0.05, 0.1) is 16.5 Å². The Balaban J connectivity index is 1.73. The number of hydrogen-bond acceptors (Lipinski definition) is 5. The van der Waals surface area contributed by atoms with E-state index < -0.39 is 0 Å². The van der Waals surface area contributed by atoms with E-state index in [4.69, 9.17) is 27.9 Å². The van der Waals surface area contributed by atoms with Crippen molar-refractivity contribution in [2.75, 3.05) is 18.2 Å². The number of para-hydroxylation sites is 1. The van der Waals surface area contributed by atoms with E-state index in [-0.39, 0.29) is 11.7 Å². The van der Waals surface area contributed by atoms with E-state index >= 15 is 0 Å². The summed E-state index contributed by atoms with van der Waals surface area (Å²) in [5.41, 5.74) is 1.41. The molecule has 1 amide bonds. The highest BCUT2D eigenvalue weighted by atomic mass is 35.5. The molecule has 0 aliphatic carbocycles. The molecule has 0 bridgehead atoms. The second-order valence-corrected chi connectivity index (χ2v) is 7.25. The SMILES string of the molecule is COCc1nnc(SCC(=O)Nc2ccc(Cl)cc2Cl)n1-c1ccccc1. The van der Waals surface area contributed by atoms with Gasteiger partial charge in [-0.3, -0.25) is 9.36 Å². The lowest BCUT2D eigenvalue weighted by Gasteiger charge is -2.10. The standard InChI is InChI=1S/C18H16Cl2N4O2S/c1-26-10-16-22-23-18(24(16)13-5-3-2-4-6-13)27-11-17(25)21-15-8-7-12(19)9-14(15)20/h2-9H,10-11H2,1H3,(H,21,25). The average molecular weight is 423 g/mol. The zero-order chi connectivity index (χ0) is 19.2. The van der Waals surface area contributed by atoms with E-state index in [1.807, 2.05) is 34.9 Å². The van der Waals surface area contributed by atoms with Crippen LogP contribution >= 0.6 is 35.0 Å². The second-order valence-electron chi connectivity index (χ2n) is 5.46. The smallest absolute Gasteiger partial charge is 0.234 e. The third-order valence-electron chi connectivity index (χ3n) is 3.53. The number of amides is 1. The highest BCUT2D eigenvalue weighted by Gasteiger charge is 2.16. The molecule has 0 saturated carbocycles. The van der Waals surface area contributed by atoms with Crippen LogP contribution in [0.15, 0.2) is 53.7 Å². The maximum absolute atomic E-state index is 12.3. The number of nitrogens with one attached hydrogen (secondary N) is 1. The van der Waals surface area contributed by atoms with Crippen LogP contribution in [0.25, 0.3) is 5.69 Å². The molecule has 0 fully saturated rings. The molecular weight excluding hydrogens is 407 g/mol. The Bertz CT molecular complexity index is 934. The Morgan fingerprint density at radius 3 is 2.67 bits per heavy atom. The molecular formula is C18H16Cl2N4O2S. The Hall–Kier alpha value is -2.06. The highest BCUT2D eigenvalue weighted by Crippen LogP contribution is 2.26. The fraction of sp³-hybridized carbons (Fsp3) is 0.167. The zero-order valence-corrected chi connectivity index (χ0v) is 16.7. The van der Waals surface area contributed by atoms with Crippen LogP contribution in [0.1, 0.15) is 5.82 Å². The van der Waals surface area contributed by atoms with Gasteiger partial charge >= 0.3 is 0 Å². The summed E-state index contributed by atoms with van der Waals surface area (Å²) in [4.78, 5) is 12.3. The van der Waals surface area contributed by atoms with Gasteiger partial charge < -0.3 is 10.1 Å². The number of hydrogen-bond donors (Lipinski definition) is 1. The number of carbonyl (C=O) groups is 1. The maximum atomic E-state index is 12.3. The van der Waals surface area contributed by atoms with Crippen molar-refractivity contribution < 1.29 is 9.53 Å². The molecule has 9 heteroatoms. The predicted molar refractivity (Wildman–Crippen MR) is 108 cm³/mol. The Labute approximate surface area is 170 Å². The third kappa shape index (κ3) is 5.01. The molecule has 3 rings (SSSR count). The van der Waals surface area contributed by atoms with Crippen LogP contribution in [0.2, 0.25) is 10.0 Å². The molecule has 1 aromatic heterocycles. The number of carbonyl (C=O) groups excluding carboxylic acids is 1. The molecule has 0 radical (unpaired) electrons. The minimum absolute atomic E-state index is 0.150. The summed E-state index contributed by atoms with van der Waals surface area (Å²) in [6.45, 7) is 0.315. The molecule has 0 atom stereocenters. The van der Waals surface area contributed by atoms with Crippen molar-refractivity contribution in [2.45, 2.75) is 11.8 Å². The van der Waals surface area contributed by atoms with Crippen molar-refractivity contribution in [3.63, 3.8) is 0 Å². The van der Waals surface area contributed by atoms with Gasteiger partial charge in [0.25, 0.3) is 0 Å². The van der Waals surface area contributed by atoms with Gasteiger partial charge in [0.1, 0.15) is 6.61 Å². The Morgan fingerprint density at radius 1 is 1.19 bits per heavy atom. The summed E-state index contributed by atoms with van der Waals surface area (Å²) in [5.74, 6) is 0.601. The van der Waals surface area contributed by atoms with Gasteiger partial charge in [0.15, 0.2) is 11.0 Å². The maximum Gasteiger partial charge on any atom is 0.234 e. The first-order valence-electron chi connectivity index (χ1n) is 7.95. The number of halogens is 2. The summed E-state index contributed by atoms with van der Waals surface area (Å²) in [7, 11) is 1.60. The van der Waals surface area contributed by atoms with Crippen LogP contribution in [0.3, 0.4) is 0 Å². The average Bonchev–Trinajstić information content (AvgIpc) is 3.06. The van der Waals surface area contributed by atoms with Crippen LogP contribution < -0.4 is 5.32 Å². The lowest BCUT2D eigenvalue weighted by atomic mass is 10.3. The van der Waals surface area contributed by atoms with Crippen molar-refractivity contribution in [3.05, 3.63) is 64.4 Å². The first kappa shape index (κ1) is 19.7. The van der Waals surface area contributed by atoms with E-state index in [0.29, 0.717) is 33.3 Å². The van der Waals surface area contributed by atoms with Gasteiger partial charge in [-0.05, 0) is 30.3 Å². The molecule has 1 heterocycles. The van der Waals surface area contributed by atoms with Crippen molar-refractivity contribution >= 4 is 46.6 Å². The molecule has 0 aliphatic rings. The Kier molecular flexibility index (Phi) is 6.73. The van der Waals surface area contributed by atoms with Crippen molar-refractivity contribution in [3.8, 4) is 5.69 Å². The van der Waals surface area contributed by atoms with Crippen molar-refractivity contribution in [1.29, 1.82) is 0 Å². The molecule has 0 unspecified atom stereocenters. The predicted octanol–water partition coefficient (Wildman–Crippen LogP) is 4.45.